The Morgan fingerprint density at radius 2 is 1.38 bits per heavy atom. The molecule has 0 fully saturated rings. The van der Waals surface area contributed by atoms with Crippen molar-refractivity contribution in [1.82, 2.24) is 0 Å². The van der Waals surface area contributed by atoms with Gasteiger partial charge in [0, 0.05) is 37.1 Å². The Bertz CT molecular complexity index is 103. The minimum absolute atomic E-state index is 0. The second-order valence-electron chi connectivity index (χ2n) is 2.11. The second kappa shape index (κ2) is 18.3. The summed E-state index contributed by atoms with van der Waals surface area (Å²) in [5.74, 6) is -0.910. The Hall–Kier alpha value is 0.479. The molecular weight excluding hydrogens is 256 g/mol. The Balaban J connectivity index is -0.0000000245. The van der Waals surface area contributed by atoms with E-state index < -0.39 is 12.0 Å². The number of aliphatic carboxylic acids is 1. The van der Waals surface area contributed by atoms with Crippen LogP contribution in [0.1, 0.15) is 13.8 Å². The van der Waals surface area contributed by atoms with Crippen LogP contribution in [0.2, 0.25) is 0 Å². The Morgan fingerprint density at radius 3 is 1.38 bits per heavy atom. The van der Waals surface area contributed by atoms with Gasteiger partial charge < -0.3 is 27.3 Å². The minimum Gasteiger partial charge on any atom is -2.00 e. The standard InChI is InChI=1S/C5H11NO2.3O.2V/c1-3(2)4(6)5(7)8;;;;;/h3-4H,6H2,1-2H3,(H,7,8);;;;;/q;3*-2;;/t4-;;;;;/m0...../s1. The first-order valence-electron chi connectivity index (χ1n) is 2.54. The summed E-state index contributed by atoms with van der Waals surface area (Å²) in [5, 5.41) is 8.23. The molecule has 2 radical (unpaired) electrons. The first-order chi connectivity index (χ1) is 3.55. The molecule has 0 aliphatic rings. The average Bonchev–Trinajstić information content (AvgIpc) is 1.64. The van der Waals surface area contributed by atoms with E-state index in [1.807, 2.05) is 0 Å². The molecule has 0 aliphatic heterocycles. The molecule has 6 nitrogen and oxygen atoms in total. The van der Waals surface area contributed by atoms with Crippen LogP contribution in [0, 0.1) is 5.92 Å². The van der Waals surface area contributed by atoms with Gasteiger partial charge in [-0.05, 0) is 5.92 Å². The van der Waals surface area contributed by atoms with Gasteiger partial charge in [-0.3, -0.25) is 4.79 Å². The van der Waals surface area contributed by atoms with Crippen LogP contribution in [0.5, 0.6) is 0 Å². The van der Waals surface area contributed by atoms with Gasteiger partial charge in [0.1, 0.15) is 6.04 Å². The quantitative estimate of drug-likeness (QED) is 0.706. The van der Waals surface area contributed by atoms with Crippen LogP contribution in [-0.4, -0.2) is 17.1 Å². The Labute approximate surface area is 101 Å². The zero-order chi connectivity index (χ0) is 6.73. The van der Waals surface area contributed by atoms with Crippen LogP contribution in [0.3, 0.4) is 0 Å². The predicted octanol–water partition coefficient (Wildman–Crippen LogP) is -0.307. The van der Waals surface area contributed by atoms with E-state index in [4.69, 9.17) is 10.8 Å². The van der Waals surface area contributed by atoms with Gasteiger partial charge >= 0.3 is 5.97 Å². The van der Waals surface area contributed by atoms with Gasteiger partial charge in [0.2, 0.25) is 0 Å². The third-order valence-corrected chi connectivity index (χ3v) is 1.00. The molecule has 0 amide bonds. The number of hydrogen-bond donors (Lipinski definition) is 2. The summed E-state index contributed by atoms with van der Waals surface area (Å²) in [6.45, 7) is 3.55. The molecule has 0 heterocycles. The summed E-state index contributed by atoms with van der Waals surface area (Å²) in [5.41, 5.74) is 5.16. The zero-order valence-electron chi connectivity index (χ0n) is 7.21. The van der Waals surface area contributed by atoms with Crippen molar-refractivity contribution >= 4 is 5.97 Å². The number of hydrogen-bond acceptors (Lipinski definition) is 2. The van der Waals surface area contributed by atoms with Gasteiger partial charge in [0.25, 0.3) is 0 Å². The normalized spacial score (nSPS) is 8.62. The Kier molecular flexibility index (Phi) is 52.8. The summed E-state index contributed by atoms with van der Waals surface area (Å²) < 4.78 is 0. The van der Waals surface area contributed by atoms with Gasteiger partial charge in [-0.15, -0.1) is 0 Å². The topological polar surface area (TPSA) is 149 Å². The predicted molar refractivity (Wildman–Crippen MR) is 32.5 cm³/mol. The molecule has 0 aromatic carbocycles. The van der Waals surface area contributed by atoms with Crippen molar-refractivity contribution in [3.05, 3.63) is 0 Å². The zero-order valence-corrected chi connectivity index (χ0v) is 10.0. The molecule has 3 N–H and O–H groups in total. The van der Waals surface area contributed by atoms with Crippen molar-refractivity contribution in [2.45, 2.75) is 19.9 Å². The second-order valence-corrected chi connectivity index (χ2v) is 2.11. The fourth-order valence-corrected chi connectivity index (χ4v) is 0.285. The maximum atomic E-state index is 10.0. The molecule has 0 aromatic rings. The molecule has 0 unspecified atom stereocenters. The fraction of sp³-hybridized carbons (Fsp3) is 0.800. The Morgan fingerprint density at radius 1 is 1.15 bits per heavy atom. The van der Waals surface area contributed by atoms with Crippen LogP contribution in [0.15, 0.2) is 0 Å². The van der Waals surface area contributed by atoms with E-state index >= 15 is 0 Å². The number of rotatable bonds is 2. The summed E-state index contributed by atoms with van der Waals surface area (Å²) >= 11 is 0. The first kappa shape index (κ1) is 37.5. The van der Waals surface area contributed by atoms with Crippen LogP contribution in [0.25, 0.3) is 0 Å². The third-order valence-electron chi connectivity index (χ3n) is 1.00. The molecule has 0 saturated carbocycles. The summed E-state index contributed by atoms with van der Waals surface area (Å²) in [6.07, 6.45) is 0. The van der Waals surface area contributed by atoms with Crippen molar-refractivity contribution in [2.75, 3.05) is 0 Å². The number of carbonyl (C=O) groups is 1. The molecule has 0 aromatic heterocycles. The van der Waals surface area contributed by atoms with Crippen LogP contribution in [-0.2, 0) is 58.3 Å². The molecular formula is C5H11NO5V2-6. The van der Waals surface area contributed by atoms with E-state index in [9.17, 15) is 4.79 Å². The maximum Gasteiger partial charge on any atom is 0.320 e. The van der Waals surface area contributed by atoms with Crippen LogP contribution < -0.4 is 5.73 Å². The van der Waals surface area contributed by atoms with Gasteiger partial charge in [-0.2, -0.15) is 0 Å². The fourth-order valence-electron chi connectivity index (χ4n) is 0.285. The van der Waals surface area contributed by atoms with E-state index in [-0.39, 0.29) is 59.5 Å². The SMILES string of the molecule is CC(C)[C@H](N)C(=O)O.[O-2].[O-2].[O-2].[V].[V]. The molecule has 0 saturated heterocycles. The smallest absolute Gasteiger partial charge is 0.320 e. The number of carboxylic acids is 1. The van der Waals surface area contributed by atoms with Crippen LogP contribution >= 0.6 is 0 Å². The van der Waals surface area contributed by atoms with Gasteiger partial charge in [0.05, 0.1) is 0 Å². The largest absolute Gasteiger partial charge is 2.00 e. The molecule has 0 rings (SSSR count). The maximum absolute atomic E-state index is 10.0. The molecule has 82 valence electrons. The summed E-state index contributed by atoms with van der Waals surface area (Å²) in [6, 6.07) is -0.713. The van der Waals surface area contributed by atoms with E-state index in [0.717, 1.165) is 0 Å². The van der Waals surface area contributed by atoms with Gasteiger partial charge in [-0.25, -0.2) is 0 Å². The molecule has 0 spiro atoms. The monoisotopic (exact) mass is 267 g/mol. The van der Waals surface area contributed by atoms with Crippen molar-refractivity contribution in [1.29, 1.82) is 0 Å². The van der Waals surface area contributed by atoms with Crippen LogP contribution in [0.4, 0.5) is 0 Å². The van der Waals surface area contributed by atoms with Crippen molar-refractivity contribution in [2.24, 2.45) is 11.7 Å². The van der Waals surface area contributed by atoms with Crippen molar-refractivity contribution in [3.8, 4) is 0 Å². The van der Waals surface area contributed by atoms with E-state index in [0.29, 0.717) is 0 Å². The molecule has 1 atom stereocenters. The van der Waals surface area contributed by atoms with Gasteiger partial charge in [-0.1, -0.05) is 13.8 Å². The number of carboxylic acid groups (broad SMARTS) is 1. The minimum atomic E-state index is -0.931. The van der Waals surface area contributed by atoms with Gasteiger partial charge in [0.15, 0.2) is 0 Å². The van der Waals surface area contributed by atoms with Crippen molar-refractivity contribution in [3.63, 3.8) is 0 Å². The summed E-state index contributed by atoms with van der Waals surface area (Å²) in [4.78, 5) is 10.0. The van der Waals surface area contributed by atoms with E-state index in [1.54, 1.807) is 13.8 Å². The molecule has 0 bridgehead atoms. The first-order valence-corrected chi connectivity index (χ1v) is 2.54. The molecule has 8 heteroatoms. The van der Waals surface area contributed by atoms with E-state index in [1.165, 1.54) is 0 Å². The molecule has 13 heavy (non-hydrogen) atoms. The third kappa shape index (κ3) is 19.1. The van der Waals surface area contributed by atoms with E-state index in [2.05, 4.69) is 0 Å². The molecule has 0 aliphatic carbocycles. The summed E-state index contributed by atoms with van der Waals surface area (Å²) in [7, 11) is 0. The van der Waals surface area contributed by atoms with Crippen molar-refractivity contribution < 1.29 is 63.4 Å². The average molecular weight is 267 g/mol. The number of nitrogens with two attached hydrogens (primary N) is 1.